The number of carbonyl (C=O) groups excluding carboxylic acids is 2. The number of nitrogens with one attached hydrogen (secondary N) is 2. The molecule has 2 aromatic rings. The first-order valence-electron chi connectivity index (χ1n) is 7.97. The van der Waals surface area contributed by atoms with E-state index in [4.69, 9.17) is 15.2 Å². The fourth-order valence-corrected chi connectivity index (χ4v) is 3.04. The summed E-state index contributed by atoms with van der Waals surface area (Å²) in [6, 6.07) is 6.74. The Morgan fingerprint density at radius 2 is 1.96 bits per heavy atom. The van der Waals surface area contributed by atoms with Crippen LogP contribution in [0, 0.1) is 5.92 Å². The Hall–Kier alpha value is -3.36. The van der Waals surface area contributed by atoms with Crippen LogP contribution in [0.1, 0.15) is 24.0 Å². The summed E-state index contributed by atoms with van der Waals surface area (Å²) in [4.78, 5) is 43.9. The summed E-state index contributed by atoms with van der Waals surface area (Å²) >= 11 is 0. The first-order valence-corrected chi connectivity index (χ1v) is 7.97. The molecule has 0 saturated carbocycles. The molecule has 2 atom stereocenters. The highest BCUT2D eigenvalue weighted by molar-refractivity contribution is 6.08. The number of aromatic nitrogens is 2. The third kappa shape index (κ3) is 2.99. The lowest BCUT2D eigenvalue weighted by molar-refractivity contribution is -0.151. The molecule has 9 nitrogen and oxygen atoms in total. The zero-order valence-corrected chi connectivity index (χ0v) is 14.2. The first-order chi connectivity index (χ1) is 12.5. The summed E-state index contributed by atoms with van der Waals surface area (Å²) < 4.78 is 10.2. The quantitative estimate of drug-likeness (QED) is 0.538. The van der Waals surface area contributed by atoms with Crippen LogP contribution in [0.4, 0.5) is 11.8 Å². The minimum atomic E-state index is -1.22. The maximum absolute atomic E-state index is 12.6. The average Bonchev–Trinajstić information content (AvgIpc) is 2.60. The smallest absolute Gasteiger partial charge is 0.319 e. The Kier molecular flexibility index (Phi) is 4.61. The van der Waals surface area contributed by atoms with Gasteiger partial charge in [-0.05, 0) is 24.6 Å². The summed E-state index contributed by atoms with van der Waals surface area (Å²) in [6.45, 7) is 1.76. The van der Waals surface area contributed by atoms with Crippen LogP contribution in [-0.2, 0) is 14.3 Å². The van der Waals surface area contributed by atoms with E-state index < -0.39 is 29.3 Å². The van der Waals surface area contributed by atoms with Gasteiger partial charge < -0.3 is 20.5 Å². The molecule has 136 valence electrons. The number of esters is 1. The van der Waals surface area contributed by atoms with Gasteiger partial charge in [0.25, 0.3) is 5.56 Å². The van der Waals surface area contributed by atoms with Gasteiger partial charge in [-0.1, -0.05) is 12.1 Å². The van der Waals surface area contributed by atoms with E-state index in [1.807, 2.05) is 0 Å². The standard InChI is InChI=1S/C17H18N4O5/c1-3-26-16(24)12-10(8-4-6-9(25-2)7-5-8)11-13(19-15(12)23)20-17(18)21-14(11)22/h4-7,10,12H,3H2,1-2H3,(H4,18,19,20,21,22,23)/t10-,12+/m1/s1. The molecule has 26 heavy (non-hydrogen) atoms. The van der Waals surface area contributed by atoms with Crippen LogP contribution in [0.25, 0.3) is 0 Å². The van der Waals surface area contributed by atoms with Crippen LogP contribution in [0.15, 0.2) is 29.1 Å². The molecule has 3 rings (SSSR count). The molecular weight excluding hydrogens is 340 g/mol. The first kappa shape index (κ1) is 17.5. The number of hydrogen-bond donors (Lipinski definition) is 3. The molecular formula is C17H18N4O5. The topological polar surface area (TPSA) is 136 Å². The Balaban J connectivity index is 2.20. The second-order valence-corrected chi connectivity index (χ2v) is 5.68. The predicted octanol–water partition coefficient (Wildman–Crippen LogP) is 0.624. The van der Waals surface area contributed by atoms with Crippen molar-refractivity contribution in [3.05, 3.63) is 45.7 Å². The SMILES string of the molecule is CCOC(=O)[C@@H]1C(=O)Nc2nc(N)[nH]c(=O)c2[C@H]1c1ccc(OC)cc1. The molecule has 0 spiro atoms. The molecule has 0 saturated heterocycles. The second kappa shape index (κ2) is 6.87. The molecule has 0 aliphatic carbocycles. The van der Waals surface area contributed by atoms with E-state index in [0.717, 1.165) is 0 Å². The lowest BCUT2D eigenvalue weighted by atomic mass is 9.78. The zero-order chi connectivity index (χ0) is 18.8. The van der Waals surface area contributed by atoms with E-state index in [0.29, 0.717) is 11.3 Å². The highest BCUT2D eigenvalue weighted by Gasteiger charge is 2.45. The number of nitrogen functional groups attached to an aromatic ring is 1. The maximum Gasteiger partial charge on any atom is 0.319 e. The molecule has 0 unspecified atom stereocenters. The van der Waals surface area contributed by atoms with Crippen molar-refractivity contribution in [3.8, 4) is 5.75 Å². The van der Waals surface area contributed by atoms with Crippen molar-refractivity contribution in [1.29, 1.82) is 0 Å². The van der Waals surface area contributed by atoms with Gasteiger partial charge in [0.15, 0.2) is 0 Å². The molecule has 4 N–H and O–H groups in total. The van der Waals surface area contributed by atoms with Gasteiger partial charge in [0.1, 0.15) is 17.5 Å². The molecule has 1 aliphatic rings. The highest BCUT2D eigenvalue weighted by atomic mass is 16.5. The van der Waals surface area contributed by atoms with Gasteiger partial charge >= 0.3 is 5.97 Å². The minimum Gasteiger partial charge on any atom is -0.497 e. The Labute approximate surface area is 148 Å². The van der Waals surface area contributed by atoms with Gasteiger partial charge in [-0.15, -0.1) is 0 Å². The monoisotopic (exact) mass is 358 g/mol. The van der Waals surface area contributed by atoms with E-state index in [1.165, 1.54) is 7.11 Å². The third-order valence-corrected chi connectivity index (χ3v) is 4.16. The number of rotatable bonds is 4. The number of fused-ring (bicyclic) bond motifs is 1. The third-order valence-electron chi connectivity index (χ3n) is 4.16. The normalized spacial score (nSPS) is 18.6. The summed E-state index contributed by atoms with van der Waals surface area (Å²) in [7, 11) is 1.52. The van der Waals surface area contributed by atoms with Crippen LogP contribution >= 0.6 is 0 Å². The number of anilines is 2. The van der Waals surface area contributed by atoms with Gasteiger partial charge in [-0.25, -0.2) is 0 Å². The Bertz CT molecular complexity index is 906. The van der Waals surface area contributed by atoms with Crippen molar-refractivity contribution in [1.82, 2.24) is 9.97 Å². The second-order valence-electron chi connectivity index (χ2n) is 5.68. The van der Waals surface area contributed by atoms with Gasteiger partial charge in [-0.3, -0.25) is 19.4 Å². The molecule has 9 heteroatoms. The van der Waals surface area contributed by atoms with Crippen LogP contribution in [0.5, 0.6) is 5.75 Å². The number of methoxy groups -OCH3 is 1. The van der Waals surface area contributed by atoms with Crippen LogP contribution in [0.2, 0.25) is 0 Å². The molecule has 1 amide bonds. The van der Waals surface area contributed by atoms with Crippen LogP contribution < -0.4 is 21.3 Å². The van der Waals surface area contributed by atoms with Crippen molar-refractivity contribution in [2.45, 2.75) is 12.8 Å². The summed E-state index contributed by atoms with van der Waals surface area (Å²) in [6.07, 6.45) is 0. The molecule has 0 bridgehead atoms. The van der Waals surface area contributed by atoms with Crippen molar-refractivity contribution < 1.29 is 19.1 Å². The molecule has 0 radical (unpaired) electrons. The molecule has 1 aromatic carbocycles. The molecule has 2 heterocycles. The molecule has 1 aliphatic heterocycles. The lowest BCUT2D eigenvalue weighted by Crippen LogP contribution is -2.43. The fraction of sp³-hybridized carbons (Fsp3) is 0.294. The highest BCUT2D eigenvalue weighted by Crippen LogP contribution is 2.39. The van der Waals surface area contributed by atoms with Gasteiger partial charge in [-0.2, -0.15) is 4.98 Å². The van der Waals surface area contributed by atoms with Crippen LogP contribution in [0.3, 0.4) is 0 Å². The number of nitrogens with zero attached hydrogens (tertiary/aromatic N) is 1. The predicted molar refractivity (Wildman–Crippen MR) is 92.9 cm³/mol. The van der Waals surface area contributed by atoms with Crippen molar-refractivity contribution in [2.24, 2.45) is 5.92 Å². The summed E-state index contributed by atoms with van der Waals surface area (Å²) in [5, 5.41) is 2.48. The number of H-pyrrole nitrogens is 1. The number of ether oxygens (including phenoxy) is 2. The maximum atomic E-state index is 12.6. The number of nitrogens with two attached hydrogens (primary N) is 1. The van der Waals surface area contributed by atoms with Crippen molar-refractivity contribution in [3.63, 3.8) is 0 Å². The van der Waals surface area contributed by atoms with Crippen molar-refractivity contribution >= 4 is 23.6 Å². The number of amides is 1. The van der Waals surface area contributed by atoms with E-state index >= 15 is 0 Å². The van der Waals surface area contributed by atoms with E-state index in [9.17, 15) is 14.4 Å². The lowest BCUT2D eigenvalue weighted by Gasteiger charge is -2.30. The van der Waals surface area contributed by atoms with E-state index in [-0.39, 0.29) is 23.9 Å². The van der Waals surface area contributed by atoms with Gasteiger partial charge in [0.2, 0.25) is 11.9 Å². The summed E-state index contributed by atoms with van der Waals surface area (Å²) in [5.41, 5.74) is 5.78. The number of benzene rings is 1. The Morgan fingerprint density at radius 3 is 2.58 bits per heavy atom. The fourth-order valence-electron chi connectivity index (χ4n) is 3.04. The molecule has 1 aromatic heterocycles. The number of hydrogen-bond acceptors (Lipinski definition) is 7. The van der Waals surface area contributed by atoms with Gasteiger partial charge in [0, 0.05) is 5.92 Å². The van der Waals surface area contributed by atoms with Crippen molar-refractivity contribution in [2.75, 3.05) is 24.8 Å². The van der Waals surface area contributed by atoms with E-state index in [2.05, 4.69) is 15.3 Å². The zero-order valence-electron chi connectivity index (χ0n) is 14.2. The molecule has 0 fully saturated rings. The van der Waals surface area contributed by atoms with Gasteiger partial charge in [0.05, 0.1) is 19.3 Å². The van der Waals surface area contributed by atoms with E-state index in [1.54, 1.807) is 31.2 Å². The Morgan fingerprint density at radius 1 is 1.27 bits per heavy atom. The summed E-state index contributed by atoms with van der Waals surface area (Å²) in [5.74, 6) is -2.88. The average molecular weight is 358 g/mol. The number of carbonyl (C=O) groups is 2. The largest absolute Gasteiger partial charge is 0.497 e. The van der Waals surface area contributed by atoms with Crippen LogP contribution in [-0.4, -0.2) is 35.6 Å². The minimum absolute atomic E-state index is 0.0395. The number of aromatic amines is 1.